The van der Waals surface area contributed by atoms with Gasteiger partial charge in [0.25, 0.3) is 0 Å². The molecule has 1 rings (SSSR count). The Labute approximate surface area is 125 Å². The number of halogens is 2. The minimum Gasteiger partial charge on any atom is -0.377 e. The van der Waals surface area contributed by atoms with Crippen molar-refractivity contribution in [3.8, 4) is 0 Å². The smallest absolute Gasteiger partial charge is 0.0842 e. The predicted molar refractivity (Wildman–Crippen MR) is 81.6 cm³/mol. The summed E-state index contributed by atoms with van der Waals surface area (Å²) in [6.45, 7) is 4.19. The van der Waals surface area contributed by atoms with Gasteiger partial charge < -0.3 is 4.74 Å². The number of hydrazine groups is 1. The largest absolute Gasteiger partial charge is 0.377 e. The lowest BCUT2D eigenvalue weighted by molar-refractivity contribution is -0.0472. The first-order chi connectivity index (χ1) is 9.04. The first-order valence-electron chi connectivity index (χ1n) is 6.48. The Balaban J connectivity index is 3.02. The van der Waals surface area contributed by atoms with Crippen molar-refractivity contribution in [3.63, 3.8) is 0 Å². The number of nitrogens with one attached hydrogen (secondary N) is 1. The molecular weight excluding hydrogens is 283 g/mol. The van der Waals surface area contributed by atoms with Crippen molar-refractivity contribution in [1.29, 1.82) is 0 Å². The molecule has 108 valence electrons. The van der Waals surface area contributed by atoms with Crippen LogP contribution in [0.2, 0.25) is 10.0 Å². The van der Waals surface area contributed by atoms with E-state index in [1.54, 1.807) is 13.2 Å². The fraction of sp³-hybridized carbons (Fsp3) is 0.571. The number of methoxy groups -OCH3 is 1. The van der Waals surface area contributed by atoms with E-state index < -0.39 is 0 Å². The van der Waals surface area contributed by atoms with Crippen LogP contribution >= 0.6 is 23.2 Å². The van der Waals surface area contributed by atoms with Crippen molar-refractivity contribution in [2.45, 2.75) is 44.8 Å². The van der Waals surface area contributed by atoms with Gasteiger partial charge in [-0.1, -0.05) is 49.2 Å². The number of hydrogen-bond donors (Lipinski definition) is 2. The predicted octanol–water partition coefficient (Wildman–Crippen LogP) is 3.57. The molecule has 3 nitrogen and oxygen atoms in total. The molecule has 0 saturated heterocycles. The zero-order valence-electron chi connectivity index (χ0n) is 11.7. The SMILES string of the molecule is CCC(CC)(OC)C(Cc1cccc(Cl)c1Cl)NN. The summed E-state index contributed by atoms with van der Waals surface area (Å²) in [5.74, 6) is 5.72. The van der Waals surface area contributed by atoms with Gasteiger partial charge in [-0.3, -0.25) is 11.3 Å². The summed E-state index contributed by atoms with van der Waals surface area (Å²) in [6, 6.07) is 5.61. The lowest BCUT2D eigenvalue weighted by Gasteiger charge is -2.38. The van der Waals surface area contributed by atoms with Gasteiger partial charge in [-0.15, -0.1) is 0 Å². The summed E-state index contributed by atoms with van der Waals surface area (Å²) in [5.41, 5.74) is 3.53. The molecule has 0 bridgehead atoms. The lowest BCUT2D eigenvalue weighted by Crippen LogP contribution is -2.55. The van der Waals surface area contributed by atoms with E-state index in [0.717, 1.165) is 18.4 Å². The van der Waals surface area contributed by atoms with Gasteiger partial charge in [-0.05, 0) is 30.9 Å². The Morgan fingerprint density at radius 1 is 1.32 bits per heavy atom. The molecule has 0 saturated carbocycles. The van der Waals surface area contributed by atoms with Crippen LogP contribution in [-0.2, 0) is 11.2 Å². The highest BCUT2D eigenvalue weighted by Gasteiger charge is 2.35. The van der Waals surface area contributed by atoms with Crippen molar-refractivity contribution in [2.75, 3.05) is 7.11 Å². The van der Waals surface area contributed by atoms with Crippen LogP contribution in [0, 0.1) is 0 Å². The summed E-state index contributed by atoms with van der Waals surface area (Å²) >= 11 is 12.3. The molecule has 5 heteroatoms. The average molecular weight is 305 g/mol. The van der Waals surface area contributed by atoms with Gasteiger partial charge in [-0.25, -0.2) is 0 Å². The Morgan fingerprint density at radius 3 is 2.42 bits per heavy atom. The molecule has 19 heavy (non-hydrogen) atoms. The second-order valence-electron chi connectivity index (χ2n) is 4.61. The first-order valence-corrected chi connectivity index (χ1v) is 7.24. The van der Waals surface area contributed by atoms with Crippen molar-refractivity contribution < 1.29 is 4.74 Å². The van der Waals surface area contributed by atoms with Gasteiger partial charge in [0, 0.05) is 7.11 Å². The van der Waals surface area contributed by atoms with Crippen LogP contribution in [-0.4, -0.2) is 18.8 Å². The minimum atomic E-state index is -0.305. The summed E-state index contributed by atoms with van der Waals surface area (Å²) in [6.07, 6.45) is 2.41. The quantitative estimate of drug-likeness (QED) is 0.598. The highest BCUT2D eigenvalue weighted by Crippen LogP contribution is 2.31. The van der Waals surface area contributed by atoms with Crippen LogP contribution in [0.1, 0.15) is 32.3 Å². The topological polar surface area (TPSA) is 47.3 Å². The van der Waals surface area contributed by atoms with Gasteiger partial charge in [-0.2, -0.15) is 0 Å². The number of nitrogens with two attached hydrogens (primary N) is 1. The molecule has 0 aliphatic carbocycles. The van der Waals surface area contributed by atoms with E-state index in [0.29, 0.717) is 16.5 Å². The van der Waals surface area contributed by atoms with E-state index in [2.05, 4.69) is 19.3 Å². The van der Waals surface area contributed by atoms with Crippen LogP contribution in [0.5, 0.6) is 0 Å². The third kappa shape index (κ3) is 3.61. The number of hydrogen-bond acceptors (Lipinski definition) is 3. The van der Waals surface area contributed by atoms with Crippen LogP contribution < -0.4 is 11.3 Å². The molecule has 0 heterocycles. The van der Waals surface area contributed by atoms with Crippen molar-refractivity contribution in [1.82, 2.24) is 5.43 Å². The normalized spacial score (nSPS) is 13.6. The van der Waals surface area contributed by atoms with Gasteiger partial charge in [0.2, 0.25) is 0 Å². The standard InChI is InChI=1S/C14H22Cl2N2O/c1-4-14(5-2,19-3)12(18-17)9-10-7-6-8-11(15)13(10)16/h6-8,12,18H,4-5,9,17H2,1-3H3. The van der Waals surface area contributed by atoms with Crippen LogP contribution in [0.25, 0.3) is 0 Å². The van der Waals surface area contributed by atoms with Crippen LogP contribution in [0.4, 0.5) is 0 Å². The van der Waals surface area contributed by atoms with Gasteiger partial charge >= 0.3 is 0 Å². The zero-order valence-corrected chi connectivity index (χ0v) is 13.2. The molecule has 0 radical (unpaired) electrons. The molecule has 0 spiro atoms. The number of benzene rings is 1. The number of rotatable bonds is 7. The summed E-state index contributed by atoms with van der Waals surface area (Å²) in [7, 11) is 1.72. The molecule has 1 atom stereocenters. The molecule has 0 fully saturated rings. The van der Waals surface area contributed by atoms with E-state index in [-0.39, 0.29) is 11.6 Å². The average Bonchev–Trinajstić information content (AvgIpc) is 2.44. The molecule has 0 aromatic heterocycles. The van der Waals surface area contributed by atoms with Crippen LogP contribution in [0.3, 0.4) is 0 Å². The van der Waals surface area contributed by atoms with E-state index in [9.17, 15) is 0 Å². The summed E-state index contributed by atoms with van der Waals surface area (Å²) in [4.78, 5) is 0. The Morgan fingerprint density at radius 2 is 1.95 bits per heavy atom. The van der Waals surface area contributed by atoms with E-state index in [4.69, 9.17) is 33.8 Å². The zero-order chi connectivity index (χ0) is 14.5. The molecule has 1 unspecified atom stereocenters. The van der Waals surface area contributed by atoms with Gasteiger partial charge in [0.15, 0.2) is 0 Å². The maximum absolute atomic E-state index is 6.23. The monoisotopic (exact) mass is 304 g/mol. The van der Waals surface area contributed by atoms with E-state index in [1.165, 1.54) is 0 Å². The van der Waals surface area contributed by atoms with Gasteiger partial charge in [0.05, 0.1) is 21.7 Å². The number of ether oxygens (including phenoxy) is 1. The summed E-state index contributed by atoms with van der Waals surface area (Å²) < 4.78 is 5.71. The third-order valence-corrected chi connectivity index (χ3v) is 4.75. The first kappa shape index (κ1) is 16.7. The molecule has 1 aromatic carbocycles. The minimum absolute atomic E-state index is 0.0246. The Kier molecular flexibility index (Phi) is 6.57. The van der Waals surface area contributed by atoms with E-state index >= 15 is 0 Å². The second-order valence-corrected chi connectivity index (χ2v) is 5.40. The van der Waals surface area contributed by atoms with E-state index in [1.807, 2.05) is 12.1 Å². The molecular formula is C14H22Cl2N2O. The fourth-order valence-electron chi connectivity index (χ4n) is 2.50. The van der Waals surface area contributed by atoms with Crippen molar-refractivity contribution in [3.05, 3.63) is 33.8 Å². The lowest BCUT2D eigenvalue weighted by atomic mass is 9.85. The molecule has 0 amide bonds. The Bertz CT molecular complexity index is 400. The van der Waals surface area contributed by atoms with Crippen molar-refractivity contribution >= 4 is 23.2 Å². The fourth-order valence-corrected chi connectivity index (χ4v) is 2.89. The molecule has 1 aromatic rings. The molecule has 0 aliphatic heterocycles. The van der Waals surface area contributed by atoms with Gasteiger partial charge in [0.1, 0.15) is 0 Å². The second kappa shape index (κ2) is 7.46. The Hall–Kier alpha value is -0.320. The third-order valence-electron chi connectivity index (χ3n) is 3.90. The molecule has 0 aliphatic rings. The maximum atomic E-state index is 6.23. The highest BCUT2D eigenvalue weighted by atomic mass is 35.5. The highest BCUT2D eigenvalue weighted by molar-refractivity contribution is 6.42. The van der Waals surface area contributed by atoms with Crippen molar-refractivity contribution in [2.24, 2.45) is 5.84 Å². The van der Waals surface area contributed by atoms with Crippen LogP contribution in [0.15, 0.2) is 18.2 Å². The summed E-state index contributed by atoms with van der Waals surface area (Å²) in [5, 5.41) is 1.15. The molecule has 3 N–H and O–H groups in total. The maximum Gasteiger partial charge on any atom is 0.0842 e.